The lowest BCUT2D eigenvalue weighted by Crippen LogP contribution is -2.44. The molecule has 1 fully saturated rings. The van der Waals surface area contributed by atoms with Crippen LogP contribution in [0.15, 0.2) is 0 Å². The van der Waals surface area contributed by atoms with Gasteiger partial charge in [0.05, 0.1) is 6.54 Å². The van der Waals surface area contributed by atoms with Gasteiger partial charge in [-0.1, -0.05) is 13.8 Å². The van der Waals surface area contributed by atoms with Crippen LogP contribution in [0, 0.1) is 5.92 Å². The molecule has 1 N–H and O–H groups in total. The normalized spacial score (nSPS) is 18.0. The van der Waals surface area contributed by atoms with E-state index in [1.807, 2.05) is 0 Å². The Morgan fingerprint density at radius 1 is 1.22 bits per heavy atom. The first-order valence-corrected chi connectivity index (χ1v) is 7.09. The maximum absolute atomic E-state index is 11.8. The minimum atomic E-state index is 0.116. The molecule has 4 nitrogen and oxygen atoms in total. The molecule has 1 heterocycles. The summed E-state index contributed by atoms with van der Waals surface area (Å²) >= 11 is 0. The maximum atomic E-state index is 11.8. The van der Waals surface area contributed by atoms with E-state index in [2.05, 4.69) is 24.1 Å². The first-order valence-electron chi connectivity index (χ1n) is 7.09. The first kappa shape index (κ1) is 15.2. The summed E-state index contributed by atoms with van der Waals surface area (Å²) in [4.78, 5) is 25.2. The van der Waals surface area contributed by atoms with Crippen LogP contribution in [0.5, 0.6) is 0 Å². The fourth-order valence-corrected chi connectivity index (χ4v) is 2.47. The molecule has 0 unspecified atom stereocenters. The number of piperidine rings is 1. The molecule has 0 aromatic rings. The number of hydrogen-bond donors (Lipinski definition) is 1. The highest BCUT2D eigenvalue weighted by molar-refractivity contribution is 5.79. The molecule has 0 radical (unpaired) electrons. The van der Waals surface area contributed by atoms with Crippen LogP contribution in [0.4, 0.5) is 0 Å². The van der Waals surface area contributed by atoms with Crippen molar-refractivity contribution in [3.63, 3.8) is 0 Å². The van der Waals surface area contributed by atoms with Crippen LogP contribution in [-0.2, 0) is 9.59 Å². The van der Waals surface area contributed by atoms with Gasteiger partial charge < -0.3 is 5.32 Å². The minimum Gasteiger partial charge on any atom is -0.352 e. The molecule has 104 valence electrons. The second-order valence-electron chi connectivity index (χ2n) is 5.24. The van der Waals surface area contributed by atoms with Crippen molar-refractivity contribution in [1.29, 1.82) is 0 Å². The third-order valence-electron chi connectivity index (χ3n) is 3.88. The predicted molar refractivity (Wildman–Crippen MR) is 72.4 cm³/mol. The Kier molecular flexibility index (Phi) is 6.33. The highest BCUT2D eigenvalue weighted by atomic mass is 16.2. The average molecular weight is 254 g/mol. The molecule has 0 atom stereocenters. The summed E-state index contributed by atoms with van der Waals surface area (Å²) in [7, 11) is 0. The molecule has 0 saturated carbocycles. The number of ketones is 1. The number of carbonyl (C=O) groups is 2. The van der Waals surface area contributed by atoms with Gasteiger partial charge in [0.25, 0.3) is 0 Å². The zero-order chi connectivity index (χ0) is 13.5. The molecule has 1 aliphatic heterocycles. The Morgan fingerprint density at radius 3 is 2.22 bits per heavy atom. The first-order chi connectivity index (χ1) is 8.56. The van der Waals surface area contributed by atoms with E-state index >= 15 is 0 Å². The van der Waals surface area contributed by atoms with Crippen LogP contribution in [0.2, 0.25) is 0 Å². The topological polar surface area (TPSA) is 49.4 Å². The Labute approximate surface area is 110 Å². The molecule has 0 bridgehead atoms. The fourth-order valence-electron chi connectivity index (χ4n) is 2.47. The lowest BCUT2D eigenvalue weighted by Gasteiger charge is -2.30. The monoisotopic (exact) mass is 254 g/mol. The van der Waals surface area contributed by atoms with E-state index in [-0.39, 0.29) is 17.6 Å². The second-order valence-corrected chi connectivity index (χ2v) is 5.24. The zero-order valence-corrected chi connectivity index (χ0v) is 11.9. The largest absolute Gasteiger partial charge is 0.352 e. The molecule has 0 aliphatic carbocycles. The van der Waals surface area contributed by atoms with E-state index in [0.717, 1.165) is 38.8 Å². The molecule has 1 amide bonds. The van der Waals surface area contributed by atoms with Crippen molar-refractivity contribution < 1.29 is 9.59 Å². The number of nitrogens with one attached hydrogen (secondary N) is 1. The van der Waals surface area contributed by atoms with E-state index in [1.165, 1.54) is 0 Å². The Hall–Kier alpha value is -0.900. The zero-order valence-electron chi connectivity index (χ0n) is 11.9. The lowest BCUT2D eigenvalue weighted by atomic mass is 9.93. The van der Waals surface area contributed by atoms with Gasteiger partial charge in [0, 0.05) is 12.0 Å². The third kappa shape index (κ3) is 4.77. The summed E-state index contributed by atoms with van der Waals surface area (Å²) in [5, 5.41) is 3.05. The molecule has 18 heavy (non-hydrogen) atoms. The summed E-state index contributed by atoms with van der Waals surface area (Å²) in [5.74, 6) is 0.615. The van der Waals surface area contributed by atoms with Gasteiger partial charge in [-0.3, -0.25) is 14.5 Å². The summed E-state index contributed by atoms with van der Waals surface area (Å²) in [6, 6.07) is 0.298. The lowest BCUT2D eigenvalue weighted by molar-refractivity contribution is -0.124. The van der Waals surface area contributed by atoms with E-state index in [1.54, 1.807) is 6.92 Å². The van der Waals surface area contributed by atoms with Crippen molar-refractivity contribution in [2.24, 2.45) is 5.92 Å². The molecule has 1 aliphatic rings. The average Bonchev–Trinajstić information content (AvgIpc) is 2.36. The van der Waals surface area contributed by atoms with Gasteiger partial charge in [-0.2, -0.15) is 0 Å². The van der Waals surface area contributed by atoms with Crippen molar-refractivity contribution in [2.75, 3.05) is 19.6 Å². The Balaban J connectivity index is 2.28. The standard InChI is InChI=1S/C14H26N2O2/c1-4-13(5-2)15-14(18)10-16-8-6-12(7-9-16)11(3)17/h12-13H,4-10H2,1-3H3,(H,15,18). The van der Waals surface area contributed by atoms with Crippen LogP contribution in [0.1, 0.15) is 46.5 Å². The van der Waals surface area contributed by atoms with Gasteiger partial charge in [0.2, 0.25) is 5.91 Å². The number of likely N-dealkylation sites (tertiary alicyclic amines) is 1. The second kappa shape index (κ2) is 7.52. The minimum absolute atomic E-state index is 0.116. The summed E-state index contributed by atoms with van der Waals surface area (Å²) in [6.07, 6.45) is 3.75. The smallest absolute Gasteiger partial charge is 0.234 e. The molecule has 4 heteroatoms. The molecule has 1 saturated heterocycles. The number of amides is 1. The third-order valence-corrected chi connectivity index (χ3v) is 3.88. The fraction of sp³-hybridized carbons (Fsp3) is 0.857. The number of Topliss-reactive ketones (excluding diaryl/α,β-unsaturated/α-hetero) is 1. The van der Waals surface area contributed by atoms with Gasteiger partial charge in [0.15, 0.2) is 0 Å². The quantitative estimate of drug-likeness (QED) is 0.783. The maximum Gasteiger partial charge on any atom is 0.234 e. The SMILES string of the molecule is CCC(CC)NC(=O)CN1CCC(C(C)=O)CC1. The summed E-state index contributed by atoms with van der Waals surface area (Å²) in [5.41, 5.74) is 0. The highest BCUT2D eigenvalue weighted by Crippen LogP contribution is 2.17. The number of nitrogens with zero attached hydrogens (tertiary/aromatic N) is 1. The van der Waals surface area contributed by atoms with Crippen LogP contribution in [0.25, 0.3) is 0 Å². The van der Waals surface area contributed by atoms with Gasteiger partial charge >= 0.3 is 0 Å². The van der Waals surface area contributed by atoms with Gasteiger partial charge in [-0.05, 0) is 45.7 Å². The van der Waals surface area contributed by atoms with Crippen LogP contribution in [-0.4, -0.2) is 42.3 Å². The van der Waals surface area contributed by atoms with E-state index < -0.39 is 0 Å². The number of rotatable bonds is 6. The summed E-state index contributed by atoms with van der Waals surface area (Å²) in [6.45, 7) is 8.04. The molecule has 0 spiro atoms. The van der Waals surface area contributed by atoms with Gasteiger partial charge in [-0.25, -0.2) is 0 Å². The molecular weight excluding hydrogens is 228 g/mol. The van der Waals surface area contributed by atoms with E-state index in [0.29, 0.717) is 12.6 Å². The number of hydrogen-bond acceptors (Lipinski definition) is 3. The molecular formula is C14H26N2O2. The molecule has 1 rings (SSSR count). The Morgan fingerprint density at radius 2 is 1.78 bits per heavy atom. The van der Waals surface area contributed by atoms with Crippen LogP contribution < -0.4 is 5.32 Å². The predicted octanol–water partition coefficient (Wildman–Crippen LogP) is 1.59. The van der Waals surface area contributed by atoms with Crippen molar-refractivity contribution >= 4 is 11.7 Å². The molecule has 0 aromatic carbocycles. The van der Waals surface area contributed by atoms with E-state index in [9.17, 15) is 9.59 Å². The van der Waals surface area contributed by atoms with Crippen LogP contribution >= 0.6 is 0 Å². The summed E-state index contributed by atoms with van der Waals surface area (Å²) < 4.78 is 0. The van der Waals surface area contributed by atoms with E-state index in [4.69, 9.17) is 0 Å². The van der Waals surface area contributed by atoms with Crippen molar-refractivity contribution in [2.45, 2.75) is 52.5 Å². The van der Waals surface area contributed by atoms with Gasteiger partial charge in [-0.15, -0.1) is 0 Å². The Bertz CT molecular complexity index is 280. The number of carbonyl (C=O) groups excluding carboxylic acids is 2. The van der Waals surface area contributed by atoms with Crippen molar-refractivity contribution in [3.05, 3.63) is 0 Å². The van der Waals surface area contributed by atoms with Gasteiger partial charge in [0.1, 0.15) is 5.78 Å². The van der Waals surface area contributed by atoms with Crippen molar-refractivity contribution in [3.8, 4) is 0 Å². The highest BCUT2D eigenvalue weighted by Gasteiger charge is 2.23. The van der Waals surface area contributed by atoms with Crippen molar-refractivity contribution in [1.82, 2.24) is 10.2 Å². The molecule has 0 aromatic heterocycles. The van der Waals surface area contributed by atoms with Crippen LogP contribution in [0.3, 0.4) is 0 Å².